The molecule has 3 fully saturated rings. The molecule has 0 bridgehead atoms. The van der Waals surface area contributed by atoms with Crippen LogP contribution in [0.25, 0.3) is 6.08 Å². The number of ether oxygens (including phenoxy) is 5. The summed E-state index contributed by atoms with van der Waals surface area (Å²) < 4.78 is 29.4. The summed E-state index contributed by atoms with van der Waals surface area (Å²) in [5.74, 6) is -2.52. The van der Waals surface area contributed by atoms with E-state index in [1.807, 2.05) is 64.3 Å². The van der Waals surface area contributed by atoms with Crippen molar-refractivity contribution in [2.45, 2.75) is 108 Å². The Labute approximate surface area is 442 Å². The molecule has 2 aromatic carbocycles. The Kier molecular flexibility index (Phi) is 23.5. The minimum absolute atomic E-state index is 0.0209. The van der Waals surface area contributed by atoms with Gasteiger partial charge in [-0.3, -0.25) is 33.7 Å². The SMILES string of the molecule is CC1CC(=O)N(CCOCCOCCOCCC(=O)NCCC(=O)Nc2cc(C[n+]3cccc(/C=C/C(=O)CCCCCC4CCN(C(=O)c5ccccc5)CC4)c3)ccc2O[C@@H]2O[C@H](C(=O)O)[C@@H](O)[C@H](O)[C@H]2O)C1=O. The normalized spacial score (nSPS) is 21.0. The van der Waals surface area contributed by atoms with E-state index in [-0.39, 0.29) is 119 Å². The molecule has 6 atom stereocenters. The first-order valence-electron chi connectivity index (χ1n) is 26.1. The van der Waals surface area contributed by atoms with Crippen molar-refractivity contribution >= 4 is 53.1 Å². The molecular formula is C55H72N5O16+. The first-order valence-corrected chi connectivity index (χ1v) is 26.1. The molecule has 76 heavy (non-hydrogen) atoms. The number of anilines is 1. The van der Waals surface area contributed by atoms with Crippen LogP contribution in [0.2, 0.25) is 0 Å². The highest BCUT2D eigenvalue weighted by Crippen LogP contribution is 2.31. The van der Waals surface area contributed by atoms with Gasteiger partial charge in [-0.25, -0.2) is 9.36 Å². The molecule has 3 saturated heterocycles. The second kappa shape index (κ2) is 30.3. The third kappa shape index (κ3) is 18.4. The van der Waals surface area contributed by atoms with Crippen LogP contribution in [-0.2, 0) is 54.3 Å². The van der Waals surface area contributed by atoms with Crippen LogP contribution in [0.5, 0.6) is 5.75 Å². The van der Waals surface area contributed by atoms with E-state index in [2.05, 4.69) is 10.6 Å². The van der Waals surface area contributed by atoms with E-state index in [4.69, 9.17) is 23.7 Å². The summed E-state index contributed by atoms with van der Waals surface area (Å²) >= 11 is 0. The maximum Gasteiger partial charge on any atom is 0.335 e. The molecule has 1 unspecified atom stereocenters. The number of allylic oxidation sites excluding steroid dienone is 1. The highest BCUT2D eigenvalue weighted by atomic mass is 16.7. The Morgan fingerprint density at radius 1 is 0.803 bits per heavy atom. The van der Waals surface area contributed by atoms with Crippen LogP contribution < -0.4 is 19.9 Å². The number of benzene rings is 2. The van der Waals surface area contributed by atoms with Gasteiger partial charge in [0.1, 0.15) is 24.1 Å². The minimum Gasteiger partial charge on any atom is -0.479 e. The largest absolute Gasteiger partial charge is 0.479 e. The molecule has 3 aliphatic rings. The number of pyridine rings is 1. The van der Waals surface area contributed by atoms with Gasteiger partial charge >= 0.3 is 5.97 Å². The van der Waals surface area contributed by atoms with Gasteiger partial charge in [-0.2, -0.15) is 0 Å². The molecule has 5 amide bonds. The lowest BCUT2D eigenvalue weighted by atomic mass is 9.90. The standard InChI is InChI=1S/C55H71N5O16/c1-37-33-47(64)60(52(37)68)26-28-73-30-32-74-31-29-72-27-21-45(62)56-22-18-46(63)57-43-34-40(15-17-44(43)75-55-50(67)48(65)49(66)51(76-55)54(70)71)36-58-23-8-10-39(35-58)14-16-42(61)13-7-2-4-9-38-19-24-59(25-20-38)53(69)41-11-5-3-6-12-41/h3,5-6,8,10-12,14-17,23,34-35,37-38,48-51,55,65-67H,2,4,7,9,13,18-22,24-33,36H2,1H3,(H2-,56,57,62,63,70,71)/p+1/b16-14+/t37?,48-,49-,50+,51-,55+/m0/s1. The summed E-state index contributed by atoms with van der Waals surface area (Å²) in [6, 6.07) is 17.8. The van der Waals surface area contributed by atoms with Gasteiger partial charge in [0, 0.05) is 74.0 Å². The maximum absolute atomic E-state index is 13.3. The molecule has 0 radical (unpaired) electrons. The summed E-state index contributed by atoms with van der Waals surface area (Å²) in [6.45, 7) is 5.06. The van der Waals surface area contributed by atoms with Crippen molar-refractivity contribution in [1.82, 2.24) is 15.1 Å². The number of piperidine rings is 1. The average molecular weight is 1060 g/mol. The number of carbonyl (C=O) groups excluding carboxylic acids is 6. The molecule has 3 aliphatic heterocycles. The van der Waals surface area contributed by atoms with E-state index in [1.54, 1.807) is 31.2 Å². The molecule has 3 aromatic rings. The highest BCUT2D eigenvalue weighted by Gasteiger charge is 2.48. The van der Waals surface area contributed by atoms with Crippen molar-refractivity contribution in [3.8, 4) is 5.75 Å². The van der Waals surface area contributed by atoms with Crippen LogP contribution in [0, 0.1) is 11.8 Å². The van der Waals surface area contributed by atoms with Gasteiger partial charge in [0.15, 0.2) is 30.8 Å². The summed E-state index contributed by atoms with van der Waals surface area (Å²) in [5.41, 5.74) is 2.28. The van der Waals surface area contributed by atoms with Gasteiger partial charge in [-0.05, 0) is 73.7 Å². The molecule has 1 aromatic heterocycles. The molecule has 0 saturated carbocycles. The van der Waals surface area contributed by atoms with Crippen molar-refractivity contribution in [2.75, 3.05) is 71.1 Å². The molecular weight excluding hydrogens is 987 g/mol. The van der Waals surface area contributed by atoms with Crippen LogP contribution in [0.3, 0.4) is 0 Å². The summed E-state index contributed by atoms with van der Waals surface area (Å²) in [6.07, 6.45) is 3.97. The Morgan fingerprint density at radius 3 is 2.24 bits per heavy atom. The number of aliphatic carboxylic acids is 1. The minimum atomic E-state index is -1.94. The fourth-order valence-corrected chi connectivity index (χ4v) is 9.03. The smallest absolute Gasteiger partial charge is 0.335 e. The van der Waals surface area contributed by atoms with E-state index in [1.165, 1.54) is 11.0 Å². The molecule has 0 aliphatic carbocycles. The van der Waals surface area contributed by atoms with E-state index in [9.17, 15) is 54.0 Å². The Bertz CT molecular complexity index is 2450. The number of aromatic nitrogens is 1. The number of unbranched alkanes of at least 4 members (excludes halogenated alkanes) is 2. The zero-order chi connectivity index (χ0) is 54.4. The topological polar surface area (TPSA) is 281 Å². The number of hydrogen-bond donors (Lipinski definition) is 6. The summed E-state index contributed by atoms with van der Waals surface area (Å²) in [5, 5.41) is 46.2. The number of carbonyl (C=O) groups is 7. The highest BCUT2D eigenvalue weighted by molar-refractivity contribution is 6.03. The fourth-order valence-electron chi connectivity index (χ4n) is 9.03. The van der Waals surface area contributed by atoms with Gasteiger partial charge in [0.05, 0.1) is 51.9 Å². The summed E-state index contributed by atoms with van der Waals surface area (Å²) in [7, 11) is 0. The quantitative estimate of drug-likeness (QED) is 0.0242. The Hall–Kier alpha value is -6.46. The van der Waals surface area contributed by atoms with Crippen molar-refractivity contribution in [3.05, 3.63) is 95.8 Å². The van der Waals surface area contributed by atoms with Crippen LogP contribution in [0.15, 0.2) is 79.1 Å². The Morgan fingerprint density at radius 2 is 1.53 bits per heavy atom. The second-order valence-corrected chi connectivity index (χ2v) is 19.2. The van der Waals surface area contributed by atoms with Gasteiger partial charge in [0.25, 0.3) is 5.91 Å². The monoisotopic (exact) mass is 1060 g/mol. The zero-order valence-corrected chi connectivity index (χ0v) is 43.0. The van der Waals surface area contributed by atoms with Crippen LogP contribution >= 0.6 is 0 Å². The number of nitrogens with one attached hydrogen (secondary N) is 2. The van der Waals surface area contributed by atoms with E-state index in [0.717, 1.165) is 62.7 Å². The van der Waals surface area contributed by atoms with Crippen LogP contribution in [0.1, 0.15) is 92.6 Å². The van der Waals surface area contributed by atoms with Crippen molar-refractivity contribution < 1.29 is 82.2 Å². The lowest BCUT2D eigenvalue weighted by Crippen LogP contribution is -2.61. The molecule has 6 N–H and O–H groups in total. The van der Waals surface area contributed by atoms with Crippen molar-refractivity contribution in [2.24, 2.45) is 11.8 Å². The number of nitrogens with zero attached hydrogens (tertiary/aromatic N) is 3. The number of carboxylic acids is 1. The third-order valence-electron chi connectivity index (χ3n) is 13.4. The number of aliphatic hydroxyl groups excluding tert-OH is 3. The molecule has 21 nitrogen and oxygen atoms in total. The van der Waals surface area contributed by atoms with Gasteiger partial charge in [-0.1, -0.05) is 44.4 Å². The lowest BCUT2D eigenvalue weighted by molar-refractivity contribution is -0.688. The Balaban J connectivity index is 0.921. The fraction of sp³-hybridized carbons (Fsp3) is 0.527. The molecule has 412 valence electrons. The van der Waals surface area contributed by atoms with Crippen LogP contribution in [-0.4, -0.2) is 168 Å². The average Bonchev–Trinajstić information content (AvgIpc) is 3.66. The number of ketones is 1. The van der Waals surface area contributed by atoms with Crippen LogP contribution in [0.4, 0.5) is 5.69 Å². The number of imide groups is 1. The van der Waals surface area contributed by atoms with Gasteiger partial charge in [-0.15, -0.1) is 0 Å². The molecule has 21 heteroatoms. The number of aliphatic hydroxyl groups is 3. The second-order valence-electron chi connectivity index (χ2n) is 19.2. The third-order valence-corrected chi connectivity index (χ3v) is 13.4. The predicted molar refractivity (Wildman–Crippen MR) is 273 cm³/mol. The van der Waals surface area contributed by atoms with Crippen molar-refractivity contribution in [1.29, 1.82) is 0 Å². The maximum atomic E-state index is 13.3. The number of carboxylic acid groups (broad SMARTS) is 1. The van der Waals surface area contributed by atoms with E-state index >= 15 is 0 Å². The molecule has 0 spiro atoms. The van der Waals surface area contributed by atoms with Crippen molar-refractivity contribution in [3.63, 3.8) is 0 Å². The number of rotatable bonds is 30. The first-order chi connectivity index (χ1) is 36.7. The first kappa shape index (κ1) is 58.8. The van der Waals surface area contributed by atoms with E-state index in [0.29, 0.717) is 24.4 Å². The predicted octanol–water partition coefficient (Wildman–Crippen LogP) is 2.66. The number of amides is 5. The molecule has 6 rings (SSSR count). The number of likely N-dealkylation sites (tertiary alicyclic amines) is 2. The zero-order valence-electron chi connectivity index (χ0n) is 43.0. The number of hydrogen-bond acceptors (Lipinski definition) is 15. The summed E-state index contributed by atoms with van der Waals surface area (Å²) in [4.78, 5) is 90.1. The molecule has 4 heterocycles. The van der Waals surface area contributed by atoms with Gasteiger partial charge in [0.2, 0.25) is 29.9 Å². The lowest BCUT2D eigenvalue weighted by Gasteiger charge is -2.38. The van der Waals surface area contributed by atoms with E-state index < -0.39 is 42.6 Å². The van der Waals surface area contributed by atoms with Gasteiger partial charge < -0.3 is 59.6 Å².